The van der Waals surface area contributed by atoms with Crippen molar-refractivity contribution in [3.05, 3.63) is 46.6 Å². The minimum atomic E-state index is -0.0394. The van der Waals surface area contributed by atoms with Crippen molar-refractivity contribution in [2.45, 2.75) is 44.3 Å². The summed E-state index contributed by atoms with van der Waals surface area (Å²) in [6, 6.07) is 7.96. The van der Waals surface area contributed by atoms with E-state index in [2.05, 4.69) is 33.5 Å². The molecule has 0 saturated carbocycles. The first-order chi connectivity index (χ1) is 14.1. The first-order valence-corrected chi connectivity index (χ1v) is 11.7. The lowest BCUT2D eigenvalue weighted by atomic mass is 9.87. The zero-order chi connectivity index (χ0) is 20.2. The Morgan fingerprint density at radius 2 is 2.28 bits per heavy atom. The fourth-order valence-corrected chi connectivity index (χ4v) is 5.56. The average Bonchev–Trinajstić information content (AvgIpc) is 3.33. The average molecular weight is 428 g/mol. The molecule has 3 heterocycles. The first-order valence-electron chi connectivity index (χ1n) is 9.94. The summed E-state index contributed by atoms with van der Waals surface area (Å²) in [5.41, 5.74) is 2.33. The molecular weight excluding hydrogens is 402 g/mol. The predicted octanol–water partition coefficient (Wildman–Crippen LogP) is 3.86. The number of rotatable bonds is 7. The maximum absolute atomic E-state index is 12.2. The van der Waals surface area contributed by atoms with Gasteiger partial charge >= 0.3 is 0 Å². The van der Waals surface area contributed by atoms with Gasteiger partial charge in [0.2, 0.25) is 5.91 Å². The number of thioether (sulfide) groups is 1. The molecule has 8 heteroatoms. The number of pyridine rings is 1. The van der Waals surface area contributed by atoms with E-state index in [9.17, 15) is 4.79 Å². The van der Waals surface area contributed by atoms with Gasteiger partial charge in [-0.2, -0.15) is 0 Å². The molecule has 0 saturated heterocycles. The fourth-order valence-electron chi connectivity index (χ4n) is 3.59. The standard InChI is InChI=1S/C21H25N5OS2/c1-3-14-7-8-17-15(10-14)11-18(29-17)20-24-25-21(26(20)2)28-13-19(27)23-12-16-6-4-5-9-22-16/h4-6,9,11,14H,3,7-8,10,12-13H2,1-2H3,(H,23,27). The SMILES string of the molecule is CCC1CCc2sc(-c3nnc(SCC(=O)NCc4ccccn4)n3C)cc2C1. The largest absolute Gasteiger partial charge is 0.350 e. The van der Waals surface area contributed by atoms with Gasteiger partial charge in [-0.3, -0.25) is 9.78 Å². The molecule has 0 radical (unpaired) electrons. The molecule has 6 nitrogen and oxygen atoms in total. The second-order valence-corrected chi connectivity index (χ2v) is 9.41. The van der Waals surface area contributed by atoms with Crippen LogP contribution in [0.2, 0.25) is 0 Å². The van der Waals surface area contributed by atoms with Gasteiger partial charge in [-0.05, 0) is 48.9 Å². The van der Waals surface area contributed by atoms with Crippen LogP contribution in [0.3, 0.4) is 0 Å². The van der Waals surface area contributed by atoms with E-state index < -0.39 is 0 Å². The zero-order valence-electron chi connectivity index (χ0n) is 16.7. The number of hydrogen-bond donors (Lipinski definition) is 1. The number of nitrogens with one attached hydrogen (secondary N) is 1. The molecule has 0 aliphatic heterocycles. The summed E-state index contributed by atoms with van der Waals surface area (Å²) in [6.45, 7) is 2.71. The van der Waals surface area contributed by atoms with Crippen LogP contribution in [-0.4, -0.2) is 31.4 Å². The first kappa shape index (κ1) is 20.1. The van der Waals surface area contributed by atoms with E-state index in [-0.39, 0.29) is 5.91 Å². The number of carbonyl (C=O) groups is 1. The molecule has 0 spiro atoms. The Balaban J connectivity index is 1.36. The Morgan fingerprint density at radius 3 is 3.07 bits per heavy atom. The summed E-state index contributed by atoms with van der Waals surface area (Å²) in [6.07, 6.45) is 6.61. The van der Waals surface area contributed by atoms with Crippen molar-refractivity contribution in [2.75, 3.05) is 5.75 Å². The van der Waals surface area contributed by atoms with Crippen LogP contribution in [0.25, 0.3) is 10.7 Å². The highest BCUT2D eigenvalue weighted by molar-refractivity contribution is 7.99. The number of fused-ring (bicyclic) bond motifs is 1. The lowest BCUT2D eigenvalue weighted by Crippen LogP contribution is -2.25. The van der Waals surface area contributed by atoms with Crippen molar-refractivity contribution in [3.8, 4) is 10.7 Å². The van der Waals surface area contributed by atoms with Crippen molar-refractivity contribution in [2.24, 2.45) is 13.0 Å². The van der Waals surface area contributed by atoms with Crippen molar-refractivity contribution in [1.29, 1.82) is 0 Å². The van der Waals surface area contributed by atoms with Gasteiger partial charge in [-0.1, -0.05) is 31.2 Å². The second kappa shape index (κ2) is 9.09. The molecule has 1 N–H and O–H groups in total. The maximum Gasteiger partial charge on any atom is 0.230 e. The number of aromatic nitrogens is 4. The molecule has 0 bridgehead atoms. The third kappa shape index (κ3) is 4.70. The van der Waals surface area contributed by atoms with Crippen LogP contribution in [0.1, 0.15) is 35.9 Å². The second-order valence-electron chi connectivity index (χ2n) is 7.33. The molecule has 4 rings (SSSR count). The number of aryl methyl sites for hydroxylation is 1. The van der Waals surface area contributed by atoms with E-state index in [1.807, 2.05) is 41.2 Å². The number of nitrogens with zero attached hydrogens (tertiary/aromatic N) is 4. The summed E-state index contributed by atoms with van der Waals surface area (Å²) in [4.78, 5) is 19.0. The van der Waals surface area contributed by atoms with E-state index in [0.29, 0.717) is 12.3 Å². The van der Waals surface area contributed by atoms with E-state index in [1.54, 1.807) is 6.20 Å². The Kier molecular flexibility index (Phi) is 6.30. The third-order valence-electron chi connectivity index (χ3n) is 5.34. The van der Waals surface area contributed by atoms with Gasteiger partial charge in [-0.15, -0.1) is 21.5 Å². The topological polar surface area (TPSA) is 72.7 Å². The van der Waals surface area contributed by atoms with Gasteiger partial charge < -0.3 is 9.88 Å². The lowest BCUT2D eigenvalue weighted by molar-refractivity contribution is -0.118. The Bertz CT molecular complexity index is 982. The molecule has 3 aromatic heterocycles. The van der Waals surface area contributed by atoms with Gasteiger partial charge in [0, 0.05) is 18.1 Å². The Labute approximate surface area is 179 Å². The van der Waals surface area contributed by atoms with Crippen LogP contribution in [-0.2, 0) is 31.2 Å². The Hall–Kier alpha value is -2.19. The highest BCUT2D eigenvalue weighted by Gasteiger charge is 2.22. The zero-order valence-corrected chi connectivity index (χ0v) is 18.4. The van der Waals surface area contributed by atoms with Crippen LogP contribution < -0.4 is 5.32 Å². The van der Waals surface area contributed by atoms with Gasteiger partial charge in [0.1, 0.15) is 0 Å². The maximum atomic E-state index is 12.2. The van der Waals surface area contributed by atoms with Crippen molar-refractivity contribution < 1.29 is 4.79 Å². The number of carbonyl (C=O) groups excluding carboxylic acids is 1. The van der Waals surface area contributed by atoms with Crippen LogP contribution in [0, 0.1) is 5.92 Å². The highest BCUT2D eigenvalue weighted by atomic mass is 32.2. The third-order valence-corrected chi connectivity index (χ3v) is 7.60. The van der Waals surface area contributed by atoms with Gasteiger partial charge in [0.05, 0.1) is 22.9 Å². The minimum absolute atomic E-state index is 0.0394. The number of thiophene rings is 1. The van der Waals surface area contributed by atoms with Crippen molar-refractivity contribution >= 4 is 29.0 Å². The lowest BCUT2D eigenvalue weighted by Gasteiger charge is -2.19. The smallest absolute Gasteiger partial charge is 0.230 e. The highest BCUT2D eigenvalue weighted by Crippen LogP contribution is 2.37. The van der Waals surface area contributed by atoms with E-state index in [4.69, 9.17) is 0 Å². The molecule has 1 unspecified atom stereocenters. The van der Waals surface area contributed by atoms with Crippen LogP contribution in [0.5, 0.6) is 0 Å². The molecule has 0 fully saturated rings. The molecule has 29 heavy (non-hydrogen) atoms. The predicted molar refractivity (Wildman–Crippen MR) is 117 cm³/mol. The quantitative estimate of drug-likeness (QED) is 0.580. The molecule has 1 atom stereocenters. The molecule has 1 amide bonds. The summed E-state index contributed by atoms with van der Waals surface area (Å²) in [5.74, 6) is 1.95. The summed E-state index contributed by atoms with van der Waals surface area (Å²) in [7, 11) is 1.97. The molecular formula is C21H25N5OS2. The normalized spacial score (nSPS) is 15.9. The summed E-state index contributed by atoms with van der Waals surface area (Å²) in [5, 5.41) is 12.4. The molecule has 0 aromatic carbocycles. The van der Waals surface area contributed by atoms with Crippen molar-refractivity contribution in [1.82, 2.24) is 25.1 Å². The van der Waals surface area contributed by atoms with Crippen LogP contribution >= 0.6 is 23.1 Å². The minimum Gasteiger partial charge on any atom is -0.350 e. The van der Waals surface area contributed by atoms with Crippen LogP contribution in [0.4, 0.5) is 0 Å². The van der Waals surface area contributed by atoms with Gasteiger partial charge in [0.25, 0.3) is 0 Å². The fraction of sp³-hybridized carbons (Fsp3) is 0.429. The van der Waals surface area contributed by atoms with E-state index in [0.717, 1.165) is 22.6 Å². The monoisotopic (exact) mass is 427 g/mol. The van der Waals surface area contributed by atoms with Crippen LogP contribution in [0.15, 0.2) is 35.6 Å². The summed E-state index contributed by atoms with van der Waals surface area (Å²) < 4.78 is 1.99. The summed E-state index contributed by atoms with van der Waals surface area (Å²) >= 11 is 3.25. The Morgan fingerprint density at radius 1 is 1.38 bits per heavy atom. The molecule has 1 aliphatic carbocycles. The van der Waals surface area contributed by atoms with Gasteiger partial charge in [-0.25, -0.2) is 0 Å². The number of amides is 1. The van der Waals surface area contributed by atoms with E-state index in [1.165, 1.54) is 52.8 Å². The number of hydrogen-bond acceptors (Lipinski definition) is 6. The molecule has 1 aliphatic rings. The van der Waals surface area contributed by atoms with Crippen molar-refractivity contribution in [3.63, 3.8) is 0 Å². The van der Waals surface area contributed by atoms with E-state index >= 15 is 0 Å². The molecule has 152 valence electrons. The van der Waals surface area contributed by atoms with Gasteiger partial charge in [0.15, 0.2) is 11.0 Å². The molecule has 3 aromatic rings.